The molecule has 0 fully saturated rings. The Labute approximate surface area is 113 Å². The van der Waals surface area contributed by atoms with E-state index in [4.69, 9.17) is 0 Å². The predicted molar refractivity (Wildman–Crippen MR) is 74.5 cm³/mol. The monoisotopic (exact) mass is 270 g/mol. The van der Waals surface area contributed by atoms with E-state index < -0.39 is 5.97 Å². The van der Waals surface area contributed by atoms with Crippen molar-refractivity contribution in [2.45, 2.75) is 6.92 Å². The van der Waals surface area contributed by atoms with Gasteiger partial charge in [0.1, 0.15) is 10.7 Å². The van der Waals surface area contributed by atoms with Gasteiger partial charge in [-0.25, -0.2) is 14.8 Å². The van der Waals surface area contributed by atoms with Gasteiger partial charge in [0.25, 0.3) is 0 Å². The third-order valence-corrected chi connectivity index (χ3v) is 3.72. The fourth-order valence-corrected chi connectivity index (χ4v) is 2.63. The van der Waals surface area contributed by atoms with Crippen LogP contribution < -0.4 is 0 Å². The van der Waals surface area contributed by atoms with Crippen molar-refractivity contribution in [3.8, 4) is 10.7 Å². The van der Waals surface area contributed by atoms with Crippen molar-refractivity contribution in [1.82, 2.24) is 9.97 Å². The van der Waals surface area contributed by atoms with E-state index >= 15 is 0 Å². The van der Waals surface area contributed by atoms with Crippen molar-refractivity contribution in [1.29, 1.82) is 0 Å². The first-order valence-corrected chi connectivity index (χ1v) is 6.58. The minimum Gasteiger partial charge on any atom is -0.478 e. The summed E-state index contributed by atoms with van der Waals surface area (Å²) in [4.78, 5) is 20.1. The van der Waals surface area contributed by atoms with Gasteiger partial charge in [-0.05, 0) is 18.6 Å². The van der Waals surface area contributed by atoms with Gasteiger partial charge in [0.2, 0.25) is 0 Å². The van der Waals surface area contributed by atoms with Crippen LogP contribution in [-0.2, 0) is 0 Å². The van der Waals surface area contributed by atoms with Crippen LogP contribution in [0.4, 0.5) is 0 Å². The van der Waals surface area contributed by atoms with Crippen molar-refractivity contribution < 1.29 is 9.90 Å². The van der Waals surface area contributed by atoms with Crippen molar-refractivity contribution >= 4 is 28.2 Å². The molecule has 0 spiro atoms. The van der Waals surface area contributed by atoms with E-state index in [-0.39, 0.29) is 5.56 Å². The van der Waals surface area contributed by atoms with Gasteiger partial charge in [0.15, 0.2) is 0 Å². The lowest BCUT2D eigenvalue weighted by Crippen LogP contribution is -2.01. The number of fused-ring (bicyclic) bond motifs is 1. The summed E-state index contributed by atoms with van der Waals surface area (Å²) < 4.78 is 0. The Balaban J connectivity index is 2.38. The number of carboxylic acids is 1. The Morgan fingerprint density at radius 2 is 2.21 bits per heavy atom. The summed E-state index contributed by atoms with van der Waals surface area (Å²) in [6, 6.07) is 7.13. The molecule has 0 unspecified atom stereocenters. The van der Waals surface area contributed by atoms with Crippen LogP contribution in [0.3, 0.4) is 0 Å². The first-order valence-electron chi connectivity index (χ1n) is 5.70. The van der Waals surface area contributed by atoms with Crippen molar-refractivity contribution in [2.24, 2.45) is 0 Å². The fraction of sp³-hybridized carbons (Fsp3) is 0.0714. The number of para-hydroxylation sites is 1. The first-order chi connectivity index (χ1) is 9.16. The van der Waals surface area contributed by atoms with Crippen LogP contribution in [0.2, 0.25) is 0 Å². The number of carbonyl (C=O) groups is 1. The van der Waals surface area contributed by atoms with E-state index in [2.05, 4.69) is 9.97 Å². The highest BCUT2D eigenvalue weighted by molar-refractivity contribution is 7.13. The number of hydrogen-bond acceptors (Lipinski definition) is 4. The molecule has 19 heavy (non-hydrogen) atoms. The number of thiazole rings is 1. The Hall–Kier alpha value is -2.27. The number of aromatic nitrogens is 2. The van der Waals surface area contributed by atoms with Crippen molar-refractivity contribution in [3.63, 3.8) is 0 Å². The number of rotatable bonds is 2. The zero-order valence-electron chi connectivity index (χ0n) is 10.1. The lowest BCUT2D eigenvalue weighted by molar-refractivity contribution is 0.0699. The third-order valence-electron chi connectivity index (χ3n) is 2.92. The molecular formula is C14H10N2O2S. The summed E-state index contributed by atoms with van der Waals surface area (Å²) in [6.45, 7) is 1.92. The van der Waals surface area contributed by atoms with Crippen LogP contribution in [-0.4, -0.2) is 21.0 Å². The maximum absolute atomic E-state index is 11.4. The summed E-state index contributed by atoms with van der Waals surface area (Å²) in [7, 11) is 0. The van der Waals surface area contributed by atoms with E-state index in [0.717, 1.165) is 10.6 Å². The number of aromatic carboxylic acids is 1. The molecule has 0 amide bonds. The lowest BCUT2D eigenvalue weighted by Gasteiger charge is -2.07. The van der Waals surface area contributed by atoms with Gasteiger partial charge in [0, 0.05) is 17.0 Å². The molecule has 94 valence electrons. The SMILES string of the molecule is Cc1cccc2c(C(=O)O)cc(-c3nccs3)nc12. The molecule has 2 aromatic heterocycles. The van der Waals surface area contributed by atoms with Crippen molar-refractivity contribution in [2.75, 3.05) is 0 Å². The number of pyridine rings is 1. The highest BCUT2D eigenvalue weighted by Gasteiger charge is 2.14. The van der Waals surface area contributed by atoms with E-state index in [1.165, 1.54) is 11.3 Å². The summed E-state index contributed by atoms with van der Waals surface area (Å²) >= 11 is 1.44. The predicted octanol–water partition coefficient (Wildman–Crippen LogP) is 3.36. The first kappa shape index (κ1) is 11.8. The van der Waals surface area contributed by atoms with Crippen LogP contribution in [0.15, 0.2) is 35.8 Å². The molecule has 1 aromatic carbocycles. The largest absolute Gasteiger partial charge is 0.478 e. The highest BCUT2D eigenvalue weighted by atomic mass is 32.1. The number of carboxylic acid groups (broad SMARTS) is 1. The maximum atomic E-state index is 11.4. The molecule has 0 radical (unpaired) electrons. The van der Waals surface area contributed by atoms with Gasteiger partial charge in [-0.3, -0.25) is 0 Å². The maximum Gasteiger partial charge on any atom is 0.336 e. The second-order valence-corrected chi connectivity index (χ2v) is 5.06. The van der Waals surface area contributed by atoms with Crippen LogP contribution >= 0.6 is 11.3 Å². The summed E-state index contributed by atoms with van der Waals surface area (Å²) in [5.41, 5.74) is 2.54. The van der Waals surface area contributed by atoms with Crippen LogP contribution in [0, 0.1) is 6.92 Å². The van der Waals surface area contributed by atoms with Gasteiger partial charge in [-0.1, -0.05) is 18.2 Å². The van der Waals surface area contributed by atoms with E-state index in [0.29, 0.717) is 16.6 Å². The Morgan fingerprint density at radius 3 is 2.89 bits per heavy atom. The Morgan fingerprint density at radius 1 is 1.37 bits per heavy atom. The molecule has 0 aliphatic rings. The number of aryl methyl sites for hydroxylation is 1. The molecular weight excluding hydrogens is 260 g/mol. The number of hydrogen-bond donors (Lipinski definition) is 1. The topological polar surface area (TPSA) is 63.1 Å². The van der Waals surface area contributed by atoms with E-state index in [1.807, 2.05) is 24.4 Å². The molecule has 0 saturated carbocycles. The number of benzene rings is 1. The zero-order chi connectivity index (χ0) is 13.4. The average Bonchev–Trinajstić information content (AvgIpc) is 2.92. The lowest BCUT2D eigenvalue weighted by atomic mass is 10.0. The van der Waals surface area contributed by atoms with Gasteiger partial charge >= 0.3 is 5.97 Å². The van der Waals surface area contributed by atoms with Crippen LogP contribution in [0.25, 0.3) is 21.6 Å². The highest BCUT2D eigenvalue weighted by Crippen LogP contribution is 2.27. The van der Waals surface area contributed by atoms with E-state index in [1.54, 1.807) is 18.3 Å². The normalized spacial score (nSPS) is 10.8. The molecule has 1 N–H and O–H groups in total. The molecule has 5 heteroatoms. The molecule has 0 bridgehead atoms. The molecule has 2 heterocycles. The summed E-state index contributed by atoms with van der Waals surface area (Å²) in [5.74, 6) is -0.948. The van der Waals surface area contributed by atoms with Gasteiger partial charge in [0.05, 0.1) is 11.1 Å². The summed E-state index contributed by atoms with van der Waals surface area (Å²) in [5, 5.41) is 12.6. The average molecular weight is 270 g/mol. The molecule has 0 saturated heterocycles. The zero-order valence-corrected chi connectivity index (χ0v) is 10.9. The molecule has 4 nitrogen and oxygen atoms in total. The second kappa shape index (κ2) is 4.44. The number of nitrogens with zero attached hydrogens (tertiary/aromatic N) is 2. The van der Waals surface area contributed by atoms with Gasteiger partial charge < -0.3 is 5.11 Å². The molecule has 3 rings (SSSR count). The molecule has 3 aromatic rings. The standard InChI is InChI=1S/C14H10N2O2S/c1-8-3-2-4-9-10(14(17)18)7-11(16-12(8)9)13-15-5-6-19-13/h2-7H,1H3,(H,17,18). The minimum absolute atomic E-state index is 0.263. The molecule has 0 aliphatic carbocycles. The fourth-order valence-electron chi connectivity index (χ4n) is 2.03. The van der Waals surface area contributed by atoms with E-state index in [9.17, 15) is 9.90 Å². The minimum atomic E-state index is -0.948. The Bertz CT molecular complexity index is 766. The summed E-state index contributed by atoms with van der Waals surface area (Å²) in [6.07, 6.45) is 1.68. The quantitative estimate of drug-likeness (QED) is 0.775. The smallest absolute Gasteiger partial charge is 0.336 e. The second-order valence-electron chi connectivity index (χ2n) is 4.17. The van der Waals surface area contributed by atoms with Gasteiger partial charge in [-0.2, -0.15) is 0 Å². The van der Waals surface area contributed by atoms with Gasteiger partial charge in [-0.15, -0.1) is 11.3 Å². The molecule has 0 atom stereocenters. The third kappa shape index (κ3) is 1.98. The van der Waals surface area contributed by atoms with Crippen LogP contribution in [0.5, 0.6) is 0 Å². The van der Waals surface area contributed by atoms with Crippen molar-refractivity contribution in [3.05, 3.63) is 47.0 Å². The Kier molecular flexibility index (Phi) is 2.76. The van der Waals surface area contributed by atoms with Crippen LogP contribution in [0.1, 0.15) is 15.9 Å². The molecule has 0 aliphatic heterocycles.